The van der Waals surface area contributed by atoms with Crippen LogP contribution in [0.4, 0.5) is 0 Å². The lowest BCUT2D eigenvalue weighted by molar-refractivity contribution is -0.157. The van der Waals surface area contributed by atoms with E-state index in [4.69, 9.17) is 4.52 Å². The van der Waals surface area contributed by atoms with Gasteiger partial charge >= 0.3 is 0 Å². The van der Waals surface area contributed by atoms with Crippen LogP contribution in [-0.2, 0) is 11.2 Å². The first-order valence-corrected chi connectivity index (χ1v) is 10.3. The first-order chi connectivity index (χ1) is 14.1. The number of aliphatic hydroxyl groups is 1. The normalized spacial score (nSPS) is 27.6. The molecular weight excluding hydrogens is 370 g/mol. The van der Waals surface area contributed by atoms with Gasteiger partial charge in [-0.1, -0.05) is 35.5 Å². The van der Waals surface area contributed by atoms with E-state index in [1.165, 1.54) is 6.26 Å². The van der Waals surface area contributed by atoms with Crippen molar-refractivity contribution < 1.29 is 19.2 Å². The van der Waals surface area contributed by atoms with Gasteiger partial charge in [0.15, 0.2) is 5.69 Å². The molecule has 0 spiro atoms. The minimum Gasteiger partial charge on any atom is -0.393 e. The number of benzene rings is 1. The molecule has 1 aromatic heterocycles. The third-order valence-electron chi connectivity index (χ3n) is 6.71. The number of likely N-dealkylation sites (tertiary alicyclic amines) is 1. The number of hydrogen-bond donors (Lipinski definition) is 1. The smallest absolute Gasteiger partial charge is 0.276 e. The van der Waals surface area contributed by atoms with Crippen LogP contribution >= 0.6 is 0 Å². The maximum Gasteiger partial charge on any atom is 0.276 e. The second-order valence-corrected chi connectivity index (χ2v) is 8.71. The highest BCUT2D eigenvalue weighted by Gasteiger charge is 2.56. The van der Waals surface area contributed by atoms with Gasteiger partial charge in [0.2, 0.25) is 5.91 Å². The van der Waals surface area contributed by atoms with Crippen molar-refractivity contribution in [2.45, 2.75) is 50.3 Å². The van der Waals surface area contributed by atoms with E-state index in [2.05, 4.69) is 5.16 Å². The van der Waals surface area contributed by atoms with Crippen LogP contribution in [-0.4, -0.2) is 63.2 Å². The Labute approximate surface area is 169 Å². The molecule has 0 saturated carbocycles. The lowest BCUT2D eigenvalue weighted by Crippen LogP contribution is -2.68. The number of aromatic nitrogens is 1. The average Bonchev–Trinajstić information content (AvgIpc) is 3.31. The number of carbonyl (C=O) groups excluding carboxylic acids is 2. The first kappa shape index (κ1) is 18.4. The van der Waals surface area contributed by atoms with Crippen LogP contribution in [0.2, 0.25) is 0 Å². The van der Waals surface area contributed by atoms with Gasteiger partial charge in [0.1, 0.15) is 6.26 Å². The molecule has 3 aliphatic heterocycles. The van der Waals surface area contributed by atoms with Crippen LogP contribution < -0.4 is 0 Å². The number of piperidine rings is 1. The SMILES string of the molecule is O=C(c1ccon1)N1CC(Cc2ccccc2)(C(=O)N2[C@@H]3CC[C@H]2CC(O)C3)C1. The van der Waals surface area contributed by atoms with E-state index in [1.807, 2.05) is 35.2 Å². The maximum absolute atomic E-state index is 13.8. The zero-order valence-corrected chi connectivity index (χ0v) is 16.2. The zero-order valence-electron chi connectivity index (χ0n) is 16.2. The third kappa shape index (κ3) is 3.13. The van der Waals surface area contributed by atoms with E-state index in [0.29, 0.717) is 32.4 Å². The van der Waals surface area contributed by atoms with Crippen LogP contribution in [0.5, 0.6) is 0 Å². The molecule has 1 N–H and O–H groups in total. The van der Waals surface area contributed by atoms with Gasteiger partial charge in [0, 0.05) is 31.2 Å². The fraction of sp³-hybridized carbons (Fsp3) is 0.500. The molecule has 2 aromatic rings. The van der Waals surface area contributed by atoms with Crippen LogP contribution in [0.3, 0.4) is 0 Å². The van der Waals surface area contributed by atoms with Gasteiger partial charge in [-0.3, -0.25) is 9.59 Å². The summed E-state index contributed by atoms with van der Waals surface area (Å²) in [5.74, 6) is -0.0720. The van der Waals surface area contributed by atoms with Crippen LogP contribution in [0, 0.1) is 5.41 Å². The van der Waals surface area contributed by atoms with Crippen LogP contribution in [0.15, 0.2) is 47.2 Å². The molecule has 1 unspecified atom stereocenters. The van der Waals surface area contributed by atoms with Gasteiger partial charge < -0.3 is 19.4 Å². The molecule has 0 radical (unpaired) electrons. The first-order valence-electron chi connectivity index (χ1n) is 10.3. The molecule has 7 heteroatoms. The van der Waals surface area contributed by atoms with Crippen molar-refractivity contribution in [3.63, 3.8) is 0 Å². The summed E-state index contributed by atoms with van der Waals surface area (Å²) in [6.07, 6.45) is 4.90. The molecule has 2 amide bonds. The van der Waals surface area contributed by atoms with Gasteiger partial charge in [0.05, 0.1) is 11.5 Å². The lowest BCUT2D eigenvalue weighted by atomic mass is 9.72. The van der Waals surface area contributed by atoms with Crippen molar-refractivity contribution in [1.29, 1.82) is 0 Å². The van der Waals surface area contributed by atoms with Crippen LogP contribution in [0.25, 0.3) is 0 Å². The molecule has 0 aliphatic carbocycles. The van der Waals surface area contributed by atoms with Crippen molar-refractivity contribution in [3.05, 3.63) is 53.9 Å². The van der Waals surface area contributed by atoms with E-state index in [1.54, 1.807) is 11.0 Å². The molecule has 3 fully saturated rings. The summed E-state index contributed by atoms with van der Waals surface area (Å²) in [5, 5.41) is 13.9. The molecule has 7 nitrogen and oxygen atoms in total. The molecule has 4 heterocycles. The zero-order chi connectivity index (χ0) is 20.0. The second-order valence-electron chi connectivity index (χ2n) is 8.71. The Hall–Kier alpha value is -2.67. The highest BCUT2D eigenvalue weighted by molar-refractivity contribution is 5.95. The van der Waals surface area contributed by atoms with Crippen molar-refractivity contribution in [3.8, 4) is 0 Å². The second kappa shape index (κ2) is 6.99. The van der Waals surface area contributed by atoms with Gasteiger partial charge in [-0.05, 0) is 37.7 Å². The largest absolute Gasteiger partial charge is 0.393 e. The number of fused-ring (bicyclic) bond motifs is 2. The third-order valence-corrected chi connectivity index (χ3v) is 6.71. The van der Waals surface area contributed by atoms with Crippen molar-refractivity contribution in [1.82, 2.24) is 15.0 Å². The fourth-order valence-corrected chi connectivity index (χ4v) is 5.38. The summed E-state index contributed by atoms with van der Waals surface area (Å²) in [4.78, 5) is 30.2. The number of hydrogen-bond acceptors (Lipinski definition) is 5. The lowest BCUT2D eigenvalue weighted by Gasteiger charge is -2.52. The number of nitrogens with zero attached hydrogens (tertiary/aromatic N) is 3. The monoisotopic (exact) mass is 395 g/mol. The van der Waals surface area contributed by atoms with E-state index in [0.717, 1.165) is 18.4 Å². The molecule has 5 rings (SSSR count). The summed E-state index contributed by atoms with van der Waals surface area (Å²) in [7, 11) is 0. The van der Waals surface area contributed by atoms with E-state index in [9.17, 15) is 14.7 Å². The van der Waals surface area contributed by atoms with Gasteiger partial charge in [-0.2, -0.15) is 0 Å². The molecule has 29 heavy (non-hydrogen) atoms. The topological polar surface area (TPSA) is 86.9 Å². The van der Waals surface area contributed by atoms with Crippen LogP contribution in [0.1, 0.15) is 41.7 Å². The summed E-state index contributed by atoms with van der Waals surface area (Å²) in [6, 6.07) is 11.8. The molecule has 3 atom stereocenters. The Bertz CT molecular complexity index is 878. The predicted octanol–water partition coefficient (Wildman–Crippen LogP) is 1.87. The van der Waals surface area contributed by atoms with E-state index in [-0.39, 0.29) is 35.7 Å². The maximum atomic E-state index is 13.8. The Morgan fingerprint density at radius 3 is 2.41 bits per heavy atom. The molecule has 152 valence electrons. The number of amides is 2. The fourth-order valence-electron chi connectivity index (χ4n) is 5.38. The minimum atomic E-state index is -0.621. The Morgan fingerprint density at radius 2 is 1.79 bits per heavy atom. The van der Waals surface area contributed by atoms with Gasteiger partial charge in [-0.15, -0.1) is 0 Å². The highest BCUT2D eigenvalue weighted by Crippen LogP contribution is 2.43. The Kier molecular flexibility index (Phi) is 4.42. The van der Waals surface area contributed by atoms with Gasteiger partial charge in [-0.25, -0.2) is 0 Å². The summed E-state index contributed by atoms with van der Waals surface area (Å²) in [6.45, 7) is 0.760. The predicted molar refractivity (Wildman–Crippen MR) is 104 cm³/mol. The summed E-state index contributed by atoms with van der Waals surface area (Å²) >= 11 is 0. The Morgan fingerprint density at radius 1 is 1.10 bits per heavy atom. The summed E-state index contributed by atoms with van der Waals surface area (Å²) < 4.78 is 4.79. The molecule has 3 aliphatic rings. The van der Waals surface area contributed by atoms with Crippen molar-refractivity contribution >= 4 is 11.8 Å². The summed E-state index contributed by atoms with van der Waals surface area (Å²) in [5.41, 5.74) is 0.745. The van der Waals surface area contributed by atoms with Gasteiger partial charge in [0.25, 0.3) is 5.91 Å². The van der Waals surface area contributed by atoms with Crippen molar-refractivity contribution in [2.24, 2.45) is 5.41 Å². The van der Waals surface area contributed by atoms with Crippen molar-refractivity contribution in [2.75, 3.05) is 13.1 Å². The average molecular weight is 395 g/mol. The molecular formula is C22H25N3O4. The highest BCUT2D eigenvalue weighted by atomic mass is 16.5. The van der Waals surface area contributed by atoms with E-state index < -0.39 is 5.41 Å². The number of carbonyl (C=O) groups is 2. The standard InChI is InChI=1S/C22H25N3O4/c26-18-10-16-6-7-17(11-18)25(16)21(28)22(12-15-4-2-1-3-5-15)13-24(14-22)20(27)19-8-9-29-23-19/h1-5,8-9,16-18,26H,6-7,10-14H2/t16-,17+,18?. The quantitative estimate of drug-likeness (QED) is 0.854. The number of rotatable bonds is 4. The molecule has 2 bridgehead atoms. The molecule has 1 aromatic carbocycles. The number of aliphatic hydroxyl groups excluding tert-OH is 1. The van der Waals surface area contributed by atoms with E-state index >= 15 is 0 Å². The Balaban J connectivity index is 1.40. The minimum absolute atomic E-state index is 0.115. The molecule has 3 saturated heterocycles.